The predicted molar refractivity (Wildman–Crippen MR) is 109 cm³/mol. The minimum atomic E-state index is -0.234. The molecule has 5 heteroatoms. The molecule has 4 nitrogen and oxygen atoms in total. The summed E-state index contributed by atoms with van der Waals surface area (Å²) >= 11 is 0. The molecule has 0 saturated carbocycles. The van der Waals surface area contributed by atoms with E-state index in [0.717, 1.165) is 24.1 Å². The number of nitrogens with one attached hydrogen (secondary N) is 1. The molecule has 3 aromatic rings. The monoisotopic (exact) mass is 375 g/mol. The fourth-order valence-corrected chi connectivity index (χ4v) is 3.66. The Morgan fingerprint density at radius 1 is 1.18 bits per heavy atom. The average molecular weight is 375 g/mol. The third kappa shape index (κ3) is 3.74. The maximum atomic E-state index is 13.1. The number of carbonyl (C=O) groups excluding carboxylic acids is 1. The molecule has 1 aromatic heterocycles. The van der Waals surface area contributed by atoms with Crippen molar-refractivity contribution in [3.63, 3.8) is 0 Å². The molecule has 0 aliphatic carbocycles. The summed E-state index contributed by atoms with van der Waals surface area (Å²) in [5.74, 6) is 0.414. The third-order valence-corrected chi connectivity index (χ3v) is 5.07. The number of halogens is 1. The van der Waals surface area contributed by atoms with Crippen LogP contribution in [-0.4, -0.2) is 23.5 Å². The van der Waals surface area contributed by atoms with Gasteiger partial charge in [0.1, 0.15) is 11.6 Å². The van der Waals surface area contributed by atoms with E-state index in [1.54, 1.807) is 30.5 Å². The van der Waals surface area contributed by atoms with Gasteiger partial charge in [0.15, 0.2) is 0 Å². The molecule has 4 rings (SSSR count). The van der Waals surface area contributed by atoms with E-state index in [9.17, 15) is 9.18 Å². The molecule has 0 spiro atoms. The van der Waals surface area contributed by atoms with Gasteiger partial charge in [0.25, 0.3) is 5.91 Å². The van der Waals surface area contributed by atoms with Gasteiger partial charge in [-0.1, -0.05) is 30.3 Å². The fourth-order valence-electron chi connectivity index (χ4n) is 3.66. The summed E-state index contributed by atoms with van der Waals surface area (Å²) in [4.78, 5) is 19.3. The van der Waals surface area contributed by atoms with Gasteiger partial charge in [-0.3, -0.25) is 4.79 Å². The second-order valence-electron chi connectivity index (χ2n) is 7.09. The van der Waals surface area contributed by atoms with E-state index >= 15 is 0 Å². The number of para-hydroxylation sites is 1. The topological polar surface area (TPSA) is 45.2 Å². The number of benzene rings is 2. The predicted octanol–water partition coefficient (Wildman–Crippen LogP) is 4.47. The van der Waals surface area contributed by atoms with Crippen LogP contribution in [0.5, 0.6) is 0 Å². The minimum absolute atomic E-state index is 0.0126. The molecule has 1 N–H and O–H groups in total. The Kier molecular flexibility index (Phi) is 5.06. The highest BCUT2D eigenvalue weighted by Crippen LogP contribution is 2.33. The lowest BCUT2D eigenvalue weighted by atomic mass is 10.1. The zero-order valence-electron chi connectivity index (χ0n) is 15.7. The van der Waals surface area contributed by atoms with Crippen LogP contribution in [0.2, 0.25) is 0 Å². The van der Waals surface area contributed by atoms with Crippen LogP contribution in [0.4, 0.5) is 15.9 Å². The molecule has 1 aliphatic rings. The fraction of sp³-hybridized carbons (Fsp3) is 0.217. The van der Waals surface area contributed by atoms with Crippen molar-refractivity contribution in [2.24, 2.45) is 0 Å². The van der Waals surface area contributed by atoms with Crippen LogP contribution in [-0.2, 0) is 12.8 Å². The Hall–Kier alpha value is -3.21. The van der Waals surface area contributed by atoms with E-state index in [1.165, 1.54) is 17.7 Å². The number of amides is 1. The summed E-state index contributed by atoms with van der Waals surface area (Å²) in [7, 11) is 0. The Morgan fingerprint density at radius 3 is 2.79 bits per heavy atom. The van der Waals surface area contributed by atoms with Crippen LogP contribution >= 0.6 is 0 Å². The quantitative estimate of drug-likeness (QED) is 0.716. The molecule has 1 unspecified atom stereocenters. The molecule has 0 bridgehead atoms. The first-order valence-electron chi connectivity index (χ1n) is 9.47. The lowest BCUT2D eigenvalue weighted by Crippen LogP contribution is -2.35. The molecule has 142 valence electrons. The molecule has 1 atom stereocenters. The van der Waals surface area contributed by atoms with Gasteiger partial charge in [-0.15, -0.1) is 0 Å². The second kappa shape index (κ2) is 7.80. The van der Waals surface area contributed by atoms with Crippen molar-refractivity contribution < 1.29 is 9.18 Å². The molecule has 2 heterocycles. The van der Waals surface area contributed by atoms with Crippen molar-refractivity contribution in [1.82, 2.24) is 4.98 Å². The van der Waals surface area contributed by atoms with Crippen molar-refractivity contribution in [1.29, 1.82) is 0 Å². The molecule has 1 amide bonds. The number of carbonyl (C=O) groups is 1. The number of hydrogen-bond donors (Lipinski definition) is 1. The van der Waals surface area contributed by atoms with Crippen LogP contribution in [0.1, 0.15) is 28.4 Å². The van der Waals surface area contributed by atoms with Crippen molar-refractivity contribution in [2.75, 3.05) is 16.8 Å². The van der Waals surface area contributed by atoms with Gasteiger partial charge >= 0.3 is 0 Å². The van der Waals surface area contributed by atoms with E-state index in [0.29, 0.717) is 17.9 Å². The summed E-state index contributed by atoms with van der Waals surface area (Å²) in [5.41, 5.74) is 3.85. The van der Waals surface area contributed by atoms with Gasteiger partial charge in [-0.2, -0.15) is 0 Å². The first-order valence-corrected chi connectivity index (χ1v) is 9.47. The van der Waals surface area contributed by atoms with E-state index < -0.39 is 0 Å². The molecule has 2 aromatic carbocycles. The van der Waals surface area contributed by atoms with Gasteiger partial charge in [-0.05, 0) is 61.2 Å². The lowest BCUT2D eigenvalue weighted by molar-refractivity contribution is 0.0981. The number of hydrogen-bond acceptors (Lipinski definition) is 3. The van der Waals surface area contributed by atoms with Crippen LogP contribution in [0, 0.1) is 5.82 Å². The molecule has 28 heavy (non-hydrogen) atoms. The highest BCUT2D eigenvalue weighted by molar-refractivity contribution is 6.08. The minimum Gasteiger partial charge on any atom is -0.370 e. The number of anilines is 2. The van der Waals surface area contributed by atoms with Crippen molar-refractivity contribution in [3.8, 4) is 0 Å². The molecule has 0 radical (unpaired) electrons. The summed E-state index contributed by atoms with van der Waals surface area (Å²) in [5, 5.41) is 3.25. The normalized spacial score (nSPS) is 15.4. The number of aromatic nitrogens is 1. The number of fused-ring (bicyclic) bond motifs is 1. The van der Waals surface area contributed by atoms with Gasteiger partial charge in [0.05, 0.1) is 0 Å². The van der Waals surface area contributed by atoms with Crippen LogP contribution in [0.3, 0.4) is 0 Å². The Balaban J connectivity index is 1.45. The first kappa shape index (κ1) is 18.2. The summed E-state index contributed by atoms with van der Waals surface area (Å²) < 4.78 is 13.0. The van der Waals surface area contributed by atoms with Crippen molar-refractivity contribution >= 4 is 17.4 Å². The Bertz CT molecular complexity index is 987. The first-order chi connectivity index (χ1) is 13.6. The standard InChI is InChI=1S/C23H22FN3O/c1-16-14-18-4-2-3-5-21(18)27(16)23(28)19-11-13-26-22(15-19)25-12-10-17-6-8-20(24)9-7-17/h2-9,11,13,15-16H,10,12,14H2,1H3,(H,25,26). The lowest BCUT2D eigenvalue weighted by Gasteiger charge is -2.23. The maximum absolute atomic E-state index is 13.1. The molecular formula is C23H22FN3O. The molecule has 0 fully saturated rings. The smallest absolute Gasteiger partial charge is 0.258 e. The van der Waals surface area contributed by atoms with E-state index in [1.807, 2.05) is 23.1 Å². The second-order valence-corrected chi connectivity index (χ2v) is 7.09. The van der Waals surface area contributed by atoms with Gasteiger partial charge in [0, 0.05) is 30.0 Å². The van der Waals surface area contributed by atoms with Crippen LogP contribution in [0.25, 0.3) is 0 Å². The van der Waals surface area contributed by atoms with E-state index in [2.05, 4.69) is 23.3 Å². The highest BCUT2D eigenvalue weighted by atomic mass is 19.1. The largest absolute Gasteiger partial charge is 0.370 e. The summed E-state index contributed by atoms with van der Waals surface area (Å²) in [6, 6.07) is 18.2. The number of rotatable bonds is 5. The van der Waals surface area contributed by atoms with Crippen molar-refractivity contribution in [2.45, 2.75) is 25.8 Å². The Labute approximate surface area is 164 Å². The maximum Gasteiger partial charge on any atom is 0.258 e. The zero-order valence-corrected chi connectivity index (χ0v) is 15.7. The SMILES string of the molecule is CC1Cc2ccccc2N1C(=O)c1ccnc(NCCc2ccc(F)cc2)c1. The van der Waals surface area contributed by atoms with E-state index in [4.69, 9.17) is 0 Å². The van der Waals surface area contributed by atoms with Crippen molar-refractivity contribution in [3.05, 3.63) is 89.4 Å². The molecule has 0 saturated heterocycles. The summed E-state index contributed by atoms with van der Waals surface area (Å²) in [6.45, 7) is 2.72. The van der Waals surface area contributed by atoms with Crippen LogP contribution in [0.15, 0.2) is 66.9 Å². The summed E-state index contributed by atoms with van der Waals surface area (Å²) in [6.07, 6.45) is 3.27. The molecular weight excluding hydrogens is 353 g/mol. The van der Waals surface area contributed by atoms with Crippen LogP contribution < -0.4 is 10.2 Å². The highest BCUT2D eigenvalue weighted by Gasteiger charge is 2.31. The van der Waals surface area contributed by atoms with Gasteiger partial charge in [0.2, 0.25) is 0 Å². The average Bonchev–Trinajstić information content (AvgIpc) is 3.05. The number of pyridine rings is 1. The number of nitrogens with zero attached hydrogens (tertiary/aromatic N) is 2. The Morgan fingerprint density at radius 2 is 1.96 bits per heavy atom. The van der Waals surface area contributed by atoms with Gasteiger partial charge in [-0.25, -0.2) is 9.37 Å². The zero-order chi connectivity index (χ0) is 19.5. The van der Waals surface area contributed by atoms with Gasteiger partial charge < -0.3 is 10.2 Å². The van der Waals surface area contributed by atoms with E-state index in [-0.39, 0.29) is 17.8 Å². The third-order valence-electron chi connectivity index (χ3n) is 5.07. The molecule has 1 aliphatic heterocycles.